The molecule has 0 saturated carbocycles. The minimum atomic E-state index is -0.149. The van der Waals surface area contributed by atoms with Crippen molar-refractivity contribution in [2.24, 2.45) is 0 Å². The van der Waals surface area contributed by atoms with Crippen LogP contribution in [0.25, 0.3) is 0 Å². The molecule has 6 heteroatoms. The fourth-order valence-electron chi connectivity index (χ4n) is 2.69. The molecule has 0 saturated heterocycles. The van der Waals surface area contributed by atoms with Crippen molar-refractivity contribution >= 4 is 29.9 Å². The molecule has 0 spiro atoms. The largest absolute Gasteiger partial charge is 0.350 e. The number of amides is 2. The third-order valence-corrected chi connectivity index (χ3v) is 3.92. The minimum absolute atomic E-state index is 0. The van der Waals surface area contributed by atoms with E-state index in [1.807, 2.05) is 32.0 Å². The molecule has 0 bridgehead atoms. The fraction of sp³-hybridized carbons (Fsp3) is 0.263. The Labute approximate surface area is 153 Å². The molecule has 2 amide bonds. The first-order valence-electron chi connectivity index (χ1n) is 8.08. The molecular formula is C19H22ClN3O2. The van der Waals surface area contributed by atoms with E-state index >= 15 is 0 Å². The van der Waals surface area contributed by atoms with Gasteiger partial charge in [-0.05, 0) is 61.4 Å². The number of anilines is 1. The standard InChI is InChI=1S/C19H21N3O2.ClH/c1-12(2)21-18(23)13-5-7-17(8-6-13)22-19(24)14-3-4-15-10-20-11-16(15)9-14;/h3-9,12,20H,10-11H2,1-2H3,(H,21,23)(H,22,24);1H. The van der Waals surface area contributed by atoms with Crippen molar-refractivity contribution in [2.45, 2.75) is 33.0 Å². The van der Waals surface area contributed by atoms with Gasteiger partial charge in [0.1, 0.15) is 0 Å². The number of rotatable bonds is 4. The first kappa shape index (κ1) is 19.0. The monoisotopic (exact) mass is 359 g/mol. The molecule has 2 aromatic carbocycles. The average Bonchev–Trinajstić information content (AvgIpc) is 3.02. The molecule has 3 N–H and O–H groups in total. The van der Waals surface area contributed by atoms with Crippen LogP contribution in [0.2, 0.25) is 0 Å². The second-order valence-electron chi connectivity index (χ2n) is 6.25. The zero-order valence-electron chi connectivity index (χ0n) is 14.3. The maximum atomic E-state index is 12.4. The Balaban J connectivity index is 0.00000225. The highest BCUT2D eigenvalue weighted by Gasteiger charge is 2.14. The lowest BCUT2D eigenvalue weighted by Gasteiger charge is -2.10. The summed E-state index contributed by atoms with van der Waals surface area (Å²) in [6.45, 7) is 5.49. The van der Waals surface area contributed by atoms with Crippen molar-refractivity contribution < 1.29 is 9.59 Å². The molecule has 0 aromatic heterocycles. The predicted octanol–water partition coefficient (Wildman–Crippen LogP) is 3.10. The minimum Gasteiger partial charge on any atom is -0.350 e. The molecule has 0 atom stereocenters. The van der Waals surface area contributed by atoms with E-state index in [4.69, 9.17) is 0 Å². The van der Waals surface area contributed by atoms with Gasteiger partial charge in [0, 0.05) is 35.9 Å². The number of hydrogen-bond donors (Lipinski definition) is 3. The number of carbonyl (C=O) groups excluding carboxylic acids is 2. The van der Waals surface area contributed by atoms with Crippen molar-refractivity contribution in [3.63, 3.8) is 0 Å². The van der Waals surface area contributed by atoms with Gasteiger partial charge < -0.3 is 16.0 Å². The highest BCUT2D eigenvalue weighted by atomic mass is 35.5. The van der Waals surface area contributed by atoms with E-state index in [0.717, 1.165) is 13.1 Å². The number of halogens is 1. The Kier molecular flexibility index (Phi) is 6.17. The summed E-state index contributed by atoms with van der Waals surface area (Å²) in [5.41, 5.74) is 4.29. The molecule has 132 valence electrons. The van der Waals surface area contributed by atoms with Crippen LogP contribution in [0.3, 0.4) is 0 Å². The van der Waals surface area contributed by atoms with Crippen LogP contribution in [0.1, 0.15) is 45.7 Å². The van der Waals surface area contributed by atoms with Gasteiger partial charge in [-0.2, -0.15) is 0 Å². The Hall–Kier alpha value is -2.37. The third-order valence-electron chi connectivity index (χ3n) is 3.92. The summed E-state index contributed by atoms with van der Waals surface area (Å²) in [4.78, 5) is 24.3. The van der Waals surface area contributed by atoms with Crippen LogP contribution < -0.4 is 16.0 Å². The highest BCUT2D eigenvalue weighted by Crippen LogP contribution is 2.18. The molecule has 3 rings (SSSR count). The van der Waals surface area contributed by atoms with Gasteiger partial charge >= 0.3 is 0 Å². The summed E-state index contributed by atoms with van der Waals surface area (Å²) in [6.07, 6.45) is 0. The SMILES string of the molecule is CC(C)NC(=O)c1ccc(NC(=O)c2ccc3c(c2)CNC3)cc1.Cl. The van der Waals surface area contributed by atoms with Gasteiger partial charge in [0.15, 0.2) is 0 Å². The highest BCUT2D eigenvalue weighted by molar-refractivity contribution is 6.04. The summed E-state index contributed by atoms with van der Waals surface area (Å²) in [5.74, 6) is -0.266. The van der Waals surface area contributed by atoms with Crippen LogP contribution >= 0.6 is 12.4 Å². The number of benzene rings is 2. The van der Waals surface area contributed by atoms with Crippen molar-refractivity contribution in [1.29, 1.82) is 0 Å². The summed E-state index contributed by atoms with van der Waals surface area (Å²) in [5, 5.41) is 8.97. The Morgan fingerprint density at radius 1 is 0.920 bits per heavy atom. The van der Waals surface area contributed by atoms with Gasteiger partial charge in [-0.1, -0.05) is 6.07 Å². The molecule has 0 fully saturated rings. The first-order valence-corrected chi connectivity index (χ1v) is 8.08. The lowest BCUT2D eigenvalue weighted by atomic mass is 10.1. The first-order chi connectivity index (χ1) is 11.5. The molecular weight excluding hydrogens is 338 g/mol. The molecule has 5 nitrogen and oxygen atoms in total. The van der Waals surface area contributed by atoms with Gasteiger partial charge in [0.25, 0.3) is 11.8 Å². The van der Waals surface area contributed by atoms with Gasteiger partial charge in [-0.25, -0.2) is 0 Å². The molecule has 2 aromatic rings. The lowest BCUT2D eigenvalue weighted by molar-refractivity contribution is 0.0942. The zero-order valence-corrected chi connectivity index (χ0v) is 15.1. The van der Waals surface area contributed by atoms with Crippen LogP contribution in [0.4, 0.5) is 5.69 Å². The summed E-state index contributed by atoms with van der Waals surface area (Å²) in [7, 11) is 0. The van der Waals surface area contributed by atoms with Crippen LogP contribution in [0.15, 0.2) is 42.5 Å². The smallest absolute Gasteiger partial charge is 0.255 e. The number of hydrogen-bond acceptors (Lipinski definition) is 3. The van der Waals surface area contributed by atoms with Crippen LogP contribution in [0, 0.1) is 0 Å². The summed E-state index contributed by atoms with van der Waals surface area (Å²) >= 11 is 0. The van der Waals surface area contributed by atoms with Crippen molar-refractivity contribution in [3.8, 4) is 0 Å². The zero-order chi connectivity index (χ0) is 17.1. The average molecular weight is 360 g/mol. The number of fused-ring (bicyclic) bond motifs is 1. The molecule has 1 aliphatic rings. The normalized spacial score (nSPS) is 12.3. The van der Waals surface area contributed by atoms with Gasteiger partial charge in [0.2, 0.25) is 0 Å². The van der Waals surface area contributed by atoms with Crippen molar-refractivity contribution in [2.75, 3.05) is 5.32 Å². The van der Waals surface area contributed by atoms with E-state index in [2.05, 4.69) is 16.0 Å². The Morgan fingerprint density at radius 2 is 1.56 bits per heavy atom. The molecule has 1 heterocycles. The van der Waals surface area contributed by atoms with E-state index in [0.29, 0.717) is 16.8 Å². The van der Waals surface area contributed by atoms with Gasteiger partial charge in [-0.3, -0.25) is 9.59 Å². The van der Waals surface area contributed by atoms with Crippen LogP contribution in [-0.4, -0.2) is 17.9 Å². The summed E-state index contributed by atoms with van der Waals surface area (Å²) in [6, 6.07) is 12.7. The van der Waals surface area contributed by atoms with E-state index in [-0.39, 0.29) is 30.3 Å². The van der Waals surface area contributed by atoms with E-state index in [1.54, 1.807) is 24.3 Å². The quantitative estimate of drug-likeness (QED) is 0.785. The summed E-state index contributed by atoms with van der Waals surface area (Å²) < 4.78 is 0. The molecule has 0 aliphatic carbocycles. The van der Waals surface area contributed by atoms with Crippen molar-refractivity contribution in [3.05, 3.63) is 64.7 Å². The molecule has 0 unspecified atom stereocenters. The Bertz CT molecular complexity index is 773. The maximum absolute atomic E-state index is 12.4. The maximum Gasteiger partial charge on any atom is 0.255 e. The van der Waals surface area contributed by atoms with E-state index in [9.17, 15) is 9.59 Å². The second-order valence-corrected chi connectivity index (χ2v) is 6.25. The molecule has 25 heavy (non-hydrogen) atoms. The van der Waals surface area contributed by atoms with E-state index in [1.165, 1.54) is 11.1 Å². The van der Waals surface area contributed by atoms with Crippen LogP contribution in [-0.2, 0) is 13.1 Å². The van der Waals surface area contributed by atoms with Crippen LogP contribution in [0.5, 0.6) is 0 Å². The predicted molar refractivity (Wildman–Crippen MR) is 101 cm³/mol. The number of nitrogens with one attached hydrogen (secondary N) is 3. The van der Waals surface area contributed by atoms with Crippen molar-refractivity contribution in [1.82, 2.24) is 10.6 Å². The third kappa shape index (κ3) is 4.59. The Morgan fingerprint density at radius 3 is 2.24 bits per heavy atom. The molecule has 1 aliphatic heterocycles. The van der Waals surface area contributed by atoms with Gasteiger partial charge in [-0.15, -0.1) is 12.4 Å². The van der Waals surface area contributed by atoms with E-state index < -0.39 is 0 Å². The fourth-order valence-corrected chi connectivity index (χ4v) is 2.69. The second kappa shape index (κ2) is 8.14. The topological polar surface area (TPSA) is 70.2 Å². The van der Waals surface area contributed by atoms with Gasteiger partial charge in [0.05, 0.1) is 0 Å². The number of carbonyl (C=O) groups is 2. The lowest BCUT2D eigenvalue weighted by Crippen LogP contribution is -2.30. The molecule has 0 radical (unpaired) electrons.